The second-order valence-corrected chi connectivity index (χ2v) is 3.53. The zero-order chi connectivity index (χ0) is 7.72. The molecule has 0 aliphatic heterocycles. The van der Waals surface area contributed by atoms with Crippen LogP contribution in [0.3, 0.4) is 0 Å². The van der Waals surface area contributed by atoms with E-state index in [4.69, 9.17) is 5.11 Å². The number of aliphatic hydroxyl groups is 1. The molecular formula is C7H9FOS. The largest absolute Gasteiger partial charge is 0.388 e. The van der Waals surface area contributed by atoms with E-state index in [0.29, 0.717) is 4.88 Å². The van der Waals surface area contributed by atoms with E-state index in [-0.39, 0.29) is 5.82 Å². The van der Waals surface area contributed by atoms with Crippen LogP contribution in [-0.2, 0) is 0 Å². The Morgan fingerprint density at radius 2 is 2.30 bits per heavy atom. The van der Waals surface area contributed by atoms with E-state index in [2.05, 4.69) is 0 Å². The summed E-state index contributed by atoms with van der Waals surface area (Å²) in [6.45, 7) is 3.38. The lowest BCUT2D eigenvalue weighted by molar-refractivity contribution is 0.198. The van der Waals surface area contributed by atoms with Crippen LogP contribution in [-0.4, -0.2) is 5.11 Å². The Bertz CT molecular complexity index is 230. The molecule has 56 valence electrons. The summed E-state index contributed by atoms with van der Waals surface area (Å²) >= 11 is 1.30. The molecule has 1 nitrogen and oxygen atoms in total. The van der Waals surface area contributed by atoms with Crippen molar-refractivity contribution in [2.45, 2.75) is 20.0 Å². The summed E-state index contributed by atoms with van der Waals surface area (Å²) in [6.07, 6.45) is -0.682. The summed E-state index contributed by atoms with van der Waals surface area (Å²) in [5.74, 6) is -0.294. The lowest BCUT2D eigenvalue weighted by Gasteiger charge is -1.97. The van der Waals surface area contributed by atoms with Crippen molar-refractivity contribution >= 4 is 11.3 Å². The van der Waals surface area contributed by atoms with Gasteiger partial charge in [-0.2, -0.15) is 0 Å². The third kappa shape index (κ3) is 1.36. The average Bonchev–Trinajstić information content (AvgIpc) is 2.10. The zero-order valence-corrected chi connectivity index (χ0v) is 6.70. The molecule has 1 atom stereocenters. The van der Waals surface area contributed by atoms with Crippen molar-refractivity contribution in [3.05, 3.63) is 21.6 Å². The van der Waals surface area contributed by atoms with Crippen LogP contribution in [0.4, 0.5) is 4.39 Å². The Labute approximate surface area is 63.1 Å². The lowest BCUT2D eigenvalue weighted by Crippen LogP contribution is -1.88. The van der Waals surface area contributed by atoms with Crippen LogP contribution in [0.1, 0.15) is 22.8 Å². The molecule has 0 saturated heterocycles. The smallest absolute Gasteiger partial charge is 0.139 e. The Balaban J connectivity index is 3.03. The van der Waals surface area contributed by atoms with Crippen LogP contribution < -0.4 is 0 Å². The molecule has 0 aliphatic rings. The molecule has 0 spiro atoms. The van der Waals surface area contributed by atoms with Gasteiger partial charge in [-0.05, 0) is 19.9 Å². The Hall–Kier alpha value is -0.410. The van der Waals surface area contributed by atoms with Gasteiger partial charge in [0.2, 0.25) is 0 Å². The summed E-state index contributed by atoms with van der Waals surface area (Å²) in [4.78, 5) is 1.32. The first-order valence-corrected chi connectivity index (χ1v) is 3.87. The van der Waals surface area contributed by atoms with E-state index in [1.165, 1.54) is 17.4 Å². The van der Waals surface area contributed by atoms with Crippen molar-refractivity contribution in [3.63, 3.8) is 0 Å². The van der Waals surface area contributed by atoms with Crippen molar-refractivity contribution in [1.82, 2.24) is 0 Å². The number of halogens is 1. The minimum Gasteiger partial charge on any atom is -0.388 e. The van der Waals surface area contributed by atoms with Crippen LogP contribution in [0.15, 0.2) is 6.07 Å². The van der Waals surface area contributed by atoms with Gasteiger partial charge in [-0.15, -0.1) is 11.3 Å². The minimum absolute atomic E-state index is 0.294. The SMILES string of the molecule is Cc1cc(F)c(C(C)O)s1. The Morgan fingerprint density at radius 3 is 2.50 bits per heavy atom. The van der Waals surface area contributed by atoms with Crippen molar-refractivity contribution in [2.24, 2.45) is 0 Å². The van der Waals surface area contributed by atoms with Crippen LogP contribution >= 0.6 is 11.3 Å². The van der Waals surface area contributed by atoms with Crippen molar-refractivity contribution in [1.29, 1.82) is 0 Å². The fourth-order valence-electron chi connectivity index (χ4n) is 0.786. The van der Waals surface area contributed by atoms with Gasteiger partial charge in [0.05, 0.1) is 11.0 Å². The highest BCUT2D eigenvalue weighted by Crippen LogP contribution is 2.25. The highest BCUT2D eigenvalue weighted by molar-refractivity contribution is 7.12. The van der Waals surface area contributed by atoms with E-state index in [1.54, 1.807) is 6.92 Å². The van der Waals surface area contributed by atoms with E-state index in [0.717, 1.165) is 4.88 Å². The number of aliphatic hydroxyl groups excluding tert-OH is 1. The molecule has 0 bridgehead atoms. The first-order chi connectivity index (χ1) is 4.61. The lowest BCUT2D eigenvalue weighted by atomic mass is 10.3. The molecule has 0 fully saturated rings. The maximum atomic E-state index is 12.7. The van der Waals surface area contributed by atoms with E-state index in [1.807, 2.05) is 6.92 Å². The molecule has 0 saturated carbocycles. The molecule has 0 radical (unpaired) electrons. The molecule has 0 aliphatic carbocycles. The summed E-state index contributed by atoms with van der Waals surface area (Å²) in [6, 6.07) is 1.44. The van der Waals surface area contributed by atoms with Gasteiger partial charge in [0.15, 0.2) is 0 Å². The maximum Gasteiger partial charge on any atom is 0.139 e. The first-order valence-electron chi connectivity index (χ1n) is 3.05. The summed E-state index contributed by atoms with van der Waals surface area (Å²) < 4.78 is 12.7. The second-order valence-electron chi connectivity index (χ2n) is 2.25. The molecule has 0 aromatic carbocycles. The molecule has 1 N–H and O–H groups in total. The number of aryl methyl sites for hydroxylation is 1. The molecule has 0 amide bonds. The fraction of sp³-hybridized carbons (Fsp3) is 0.429. The predicted octanol–water partition coefficient (Wildman–Crippen LogP) is 2.25. The van der Waals surface area contributed by atoms with Crippen LogP contribution in [0.5, 0.6) is 0 Å². The minimum atomic E-state index is -0.682. The monoisotopic (exact) mass is 160 g/mol. The van der Waals surface area contributed by atoms with Crippen LogP contribution in [0.25, 0.3) is 0 Å². The molecule has 1 aromatic rings. The third-order valence-electron chi connectivity index (χ3n) is 1.22. The second kappa shape index (κ2) is 2.68. The Kier molecular flexibility index (Phi) is 2.06. The first kappa shape index (κ1) is 7.69. The highest BCUT2D eigenvalue weighted by Gasteiger charge is 2.10. The van der Waals surface area contributed by atoms with Gasteiger partial charge in [0.1, 0.15) is 5.82 Å². The van der Waals surface area contributed by atoms with Crippen molar-refractivity contribution in [2.75, 3.05) is 0 Å². The quantitative estimate of drug-likeness (QED) is 0.668. The molecule has 1 rings (SSSR count). The standard InChI is InChI=1S/C7H9FOS/c1-4-3-6(8)7(10-4)5(2)9/h3,5,9H,1-2H3. The predicted molar refractivity (Wildman–Crippen MR) is 39.6 cm³/mol. The van der Waals surface area contributed by atoms with Crippen molar-refractivity contribution < 1.29 is 9.50 Å². The van der Waals surface area contributed by atoms with Crippen LogP contribution in [0.2, 0.25) is 0 Å². The number of thiophene rings is 1. The highest BCUT2D eigenvalue weighted by atomic mass is 32.1. The molecule has 10 heavy (non-hydrogen) atoms. The van der Waals surface area contributed by atoms with Crippen LogP contribution in [0, 0.1) is 12.7 Å². The number of rotatable bonds is 1. The van der Waals surface area contributed by atoms with Gasteiger partial charge in [0.25, 0.3) is 0 Å². The molecule has 1 heterocycles. The van der Waals surface area contributed by atoms with Crippen molar-refractivity contribution in [3.8, 4) is 0 Å². The van der Waals surface area contributed by atoms with Gasteiger partial charge in [0, 0.05) is 4.88 Å². The topological polar surface area (TPSA) is 20.2 Å². The van der Waals surface area contributed by atoms with Gasteiger partial charge >= 0.3 is 0 Å². The van der Waals surface area contributed by atoms with E-state index >= 15 is 0 Å². The zero-order valence-electron chi connectivity index (χ0n) is 5.89. The number of hydrogen-bond acceptors (Lipinski definition) is 2. The molecule has 1 unspecified atom stereocenters. The molecular weight excluding hydrogens is 151 g/mol. The third-order valence-corrected chi connectivity index (χ3v) is 2.41. The summed E-state index contributed by atoms with van der Waals surface area (Å²) in [5.41, 5.74) is 0. The van der Waals surface area contributed by atoms with Gasteiger partial charge in [-0.1, -0.05) is 0 Å². The normalized spacial score (nSPS) is 13.6. The summed E-state index contributed by atoms with van der Waals surface area (Å²) in [5, 5.41) is 8.99. The van der Waals surface area contributed by atoms with Gasteiger partial charge in [-0.3, -0.25) is 0 Å². The summed E-state index contributed by atoms with van der Waals surface area (Å²) in [7, 11) is 0. The average molecular weight is 160 g/mol. The maximum absolute atomic E-state index is 12.7. The fourth-order valence-corrected chi connectivity index (χ4v) is 1.62. The van der Waals surface area contributed by atoms with Gasteiger partial charge < -0.3 is 5.11 Å². The Morgan fingerprint density at radius 1 is 1.70 bits per heavy atom. The van der Waals surface area contributed by atoms with E-state index in [9.17, 15) is 4.39 Å². The van der Waals surface area contributed by atoms with Gasteiger partial charge in [-0.25, -0.2) is 4.39 Å². The number of hydrogen-bond donors (Lipinski definition) is 1. The molecule has 1 aromatic heterocycles. The molecule has 3 heteroatoms. The van der Waals surface area contributed by atoms with E-state index < -0.39 is 6.10 Å².